The monoisotopic (exact) mass is 235 g/mol. The van der Waals surface area contributed by atoms with Gasteiger partial charge in [0.25, 0.3) is 0 Å². The third-order valence-corrected chi connectivity index (χ3v) is 1.74. The molecule has 1 aromatic rings. The average molecular weight is 235 g/mol. The Labute approximate surface area is 88.3 Å². The highest BCUT2D eigenvalue weighted by Gasteiger charge is 2.25. The number of benzene rings is 1. The summed E-state index contributed by atoms with van der Waals surface area (Å²) in [6, 6.07) is 0. The fourth-order valence-electron chi connectivity index (χ4n) is 0.981. The zero-order chi connectivity index (χ0) is 12.3. The summed E-state index contributed by atoms with van der Waals surface area (Å²) < 4.78 is 63.9. The number of hydrogen-bond donors (Lipinski definition) is 1. The van der Waals surface area contributed by atoms with Gasteiger partial charge in [-0.3, -0.25) is 0 Å². The molecule has 1 rings (SSSR count). The van der Waals surface area contributed by atoms with Gasteiger partial charge in [0, 0.05) is 0 Å². The molecule has 86 valence electrons. The summed E-state index contributed by atoms with van der Waals surface area (Å²) in [6.07, 6.45) is 0. The van der Waals surface area contributed by atoms with E-state index in [4.69, 9.17) is 0 Å². The van der Waals surface area contributed by atoms with Crippen LogP contribution in [0.1, 0.15) is 6.92 Å². The molecule has 16 heavy (non-hydrogen) atoms. The maximum absolute atomic E-state index is 13.0. The molecular formula is C10H6F5N. The van der Waals surface area contributed by atoms with Crippen molar-refractivity contribution in [3.63, 3.8) is 0 Å². The van der Waals surface area contributed by atoms with Crippen LogP contribution in [-0.4, -0.2) is 6.54 Å². The van der Waals surface area contributed by atoms with Gasteiger partial charge in [-0.05, 0) is 6.92 Å². The standard InChI is InChI=1S/C10H6F5N/c1-2-3-4-16-10-8(14)6(12)5(11)7(13)9(10)15/h16H,4H2,1H3. The van der Waals surface area contributed by atoms with Crippen LogP contribution >= 0.6 is 0 Å². The number of rotatable bonds is 2. The van der Waals surface area contributed by atoms with Crippen molar-refractivity contribution < 1.29 is 22.0 Å². The van der Waals surface area contributed by atoms with Gasteiger partial charge in [0.2, 0.25) is 5.82 Å². The summed E-state index contributed by atoms with van der Waals surface area (Å²) in [7, 11) is 0. The molecule has 0 spiro atoms. The summed E-state index contributed by atoms with van der Waals surface area (Å²) in [6.45, 7) is 1.26. The molecular weight excluding hydrogens is 229 g/mol. The molecule has 0 unspecified atom stereocenters. The van der Waals surface area contributed by atoms with Crippen molar-refractivity contribution in [3.05, 3.63) is 29.1 Å². The zero-order valence-electron chi connectivity index (χ0n) is 8.10. The maximum atomic E-state index is 13.0. The molecule has 6 heteroatoms. The predicted molar refractivity (Wildman–Crippen MR) is 48.2 cm³/mol. The highest BCUT2D eigenvalue weighted by Crippen LogP contribution is 2.26. The molecule has 0 aliphatic rings. The molecule has 0 amide bonds. The second kappa shape index (κ2) is 4.84. The van der Waals surface area contributed by atoms with Gasteiger partial charge in [-0.15, -0.1) is 5.92 Å². The number of nitrogens with one attached hydrogen (secondary N) is 1. The number of hydrogen-bond acceptors (Lipinski definition) is 1. The quantitative estimate of drug-likeness (QED) is 0.359. The Balaban J connectivity index is 3.21. The van der Waals surface area contributed by atoms with Crippen molar-refractivity contribution in [3.8, 4) is 11.8 Å². The van der Waals surface area contributed by atoms with E-state index >= 15 is 0 Å². The molecule has 0 heterocycles. The SMILES string of the molecule is CC#CCNc1c(F)c(F)c(F)c(F)c1F. The van der Waals surface area contributed by atoms with Crippen LogP contribution < -0.4 is 5.32 Å². The smallest absolute Gasteiger partial charge is 0.200 e. The molecule has 0 fully saturated rings. The van der Waals surface area contributed by atoms with E-state index in [9.17, 15) is 22.0 Å². The molecule has 1 aromatic carbocycles. The van der Waals surface area contributed by atoms with E-state index in [2.05, 4.69) is 11.8 Å². The Hall–Kier alpha value is -1.77. The molecule has 1 nitrogen and oxygen atoms in total. The fourth-order valence-corrected chi connectivity index (χ4v) is 0.981. The van der Waals surface area contributed by atoms with E-state index < -0.39 is 34.8 Å². The van der Waals surface area contributed by atoms with Crippen molar-refractivity contribution in [2.75, 3.05) is 11.9 Å². The Morgan fingerprint density at radius 2 is 1.31 bits per heavy atom. The van der Waals surface area contributed by atoms with E-state index in [1.54, 1.807) is 0 Å². The summed E-state index contributed by atoms with van der Waals surface area (Å²) in [5, 5.41) is 2.02. The Kier molecular flexibility index (Phi) is 3.72. The first-order chi connectivity index (χ1) is 7.50. The van der Waals surface area contributed by atoms with Crippen molar-refractivity contribution in [1.29, 1.82) is 0 Å². The lowest BCUT2D eigenvalue weighted by molar-refractivity contribution is 0.381. The Bertz CT molecular complexity index is 443. The van der Waals surface area contributed by atoms with Gasteiger partial charge in [-0.2, -0.15) is 0 Å². The maximum Gasteiger partial charge on any atom is 0.200 e. The predicted octanol–water partition coefficient (Wildman–Crippen LogP) is 2.82. The van der Waals surface area contributed by atoms with E-state index in [0.29, 0.717) is 0 Å². The topological polar surface area (TPSA) is 12.0 Å². The Morgan fingerprint density at radius 3 is 1.75 bits per heavy atom. The molecule has 0 aliphatic carbocycles. The number of halogens is 5. The van der Waals surface area contributed by atoms with Crippen LogP contribution in [-0.2, 0) is 0 Å². The highest BCUT2D eigenvalue weighted by atomic mass is 19.2. The van der Waals surface area contributed by atoms with Crippen LogP contribution in [0.5, 0.6) is 0 Å². The van der Waals surface area contributed by atoms with E-state index in [1.807, 2.05) is 5.32 Å². The Morgan fingerprint density at radius 1 is 0.875 bits per heavy atom. The van der Waals surface area contributed by atoms with Gasteiger partial charge < -0.3 is 5.32 Å². The van der Waals surface area contributed by atoms with Crippen molar-refractivity contribution in [2.24, 2.45) is 0 Å². The summed E-state index contributed by atoms with van der Waals surface area (Å²) in [4.78, 5) is 0. The summed E-state index contributed by atoms with van der Waals surface area (Å²) in [5.41, 5.74) is -1.07. The number of anilines is 1. The van der Waals surface area contributed by atoms with Crippen LogP contribution in [0, 0.1) is 40.9 Å². The average Bonchev–Trinajstić information content (AvgIpc) is 2.28. The lowest BCUT2D eigenvalue weighted by atomic mass is 10.2. The molecule has 0 aromatic heterocycles. The van der Waals surface area contributed by atoms with Crippen LogP contribution in [0.25, 0.3) is 0 Å². The first kappa shape index (κ1) is 12.3. The van der Waals surface area contributed by atoms with Gasteiger partial charge in [-0.1, -0.05) is 5.92 Å². The first-order valence-corrected chi connectivity index (χ1v) is 4.15. The van der Waals surface area contributed by atoms with E-state index in [-0.39, 0.29) is 6.54 Å². The minimum atomic E-state index is -2.18. The van der Waals surface area contributed by atoms with E-state index in [0.717, 1.165) is 0 Å². The third kappa shape index (κ3) is 2.08. The van der Waals surface area contributed by atoms with Gasteiger partial charge in [0.1, 0.15) is 5.69 Å². The minimum absolute atomic E-state index is 0.213. The van der Waals surface area contributed by atoms with E-state index in [1.165, 1.54) is 6.92 Å². The van der Waals surface area contributed by atoms with Crippen LogP contribution in [0.15, 0.2) is 0 Å². The van der Waals surface area contributed by atoms with Gasteiger partial charge in [0.05, 0.1) is 6.54 Å². The molecule has 0 atom stereocenters. The normalized spacial score (nSPS) is 9.62. The van der Waals surface area contributed by atoms with Crippen LogP contribution in [0.2, 0.25) is 0 Å². The van der Waals surface area contributed by atoms with Crippen LogP contribution in [0.4, 0.5) is 27.6 Å². The molecule has 0 saturated carbocycles. The third-order valence-electron chi connectivity index (χ3n) is 1.74. The largest absolute Gasteiger partial charge is 0.369 e. The van der Waals surface area contributed by atoms with Gasteiger partial charge in [0.15, 0.2) is 23.3 Å². The fraction of sp³-hybridized carbons (Fsp3) is 0.200. The lowest BCUT2D eigenvalue weighted by Gasteiger charge is -2.08. The van der Waals surface area contributed by atoms with Gasteiger partial charge >= 0.3 is 0 Å². The van der Waals surface area contributed by atoms with Crippen molar-refractivity contribution in [2.45, 2.75) is 6.92 Å². The van der Waals surface area contributed by atoms with Gasteiger partial charge in [-0.25, -0.2) is 22.0 Å². The van der Waals surface area contributed by atoms with Crippen molar-refractivity contribution in [1.82, 2.24) is 0 Å². The highest BCUT2D eigenvalue weighted by molar-refractivity contribution is 5.48. The van der Waals surface area contributed by atoms with Crippen molar-refractivity contribution >= 4 is 5.69 Å². The lowest BCUT2D eigenvalue weighted by Crippen LogP contribution is -2.10. The first-order valence-electron chi connectivity index (χ1n) is 4.15. The van der Waals surface area contributed by atoms with Crippen LogP contribution in [0.3, 0.4) is 0 Å². The molecule has 0 saturated heterocycles. The summed E-state index contributed by atoms with van der Waals surface area (Å²) >= 11 is 0. The minimum Gasteiger partial charge on any atom is -0.369 e. The second-order valence-electron chi connectivity index (χ2n) is 2.73. The second-order valence-corrected chi connectivity index (χ2v) is 2.73. The molecule has 0 bridgehead atoms. The zero-order valence-corrected chi connectivity index (χ0v) is 8.10. The molecule has 0 radical (unpaired) electrons. The summed E-state index contributed by atoms with van der Waals surface area (Å²) in [5.74, 6) is -5.16. The molecule has 0 aliphatic heterocycles. The molecule has 1 N–H and O–H groups in total.